The van der Waals surface area contributed by atoms with Crippen LogP contribution in [0.25, 0.3) is 0 Å². The van der Waals surface area contributed by atoms with Crippen LogP contribution >= 0.6 is 0 Å². The van der Waals surface area contributed by atoms with Gasteiger partial charge in [0, 0.05) is 19.5 Å². The van der Waals surface area contributed by atoms with Crippen molar-refractivity contribution in [3.05, 3.63) is 71.0 Å². The molecule has 2 saturated heterocycles. The summed E-state index contributed by atoms with van der Waals surface area (Å²) in [7, 11) is 0. The summed E-state index contributed by atoms with van der Waals surface area (Å²) in [4.78, 5) is 44.5. The number of amides is 3. The van der Waals surface area contributed by atoms with Crippen LogP contribution in [0.5, 0.6) is 0 Å². The maximum Gasteiger partial charge on any atom is 0.411 e. The van der Waals surface area contributed by atoms with E-state index in [1.165, 1.54) is 17.0 Å². The maximum atomic E-state index is 13.8. The molecule has 0 unspecified atom stereocenters. The Morgan fingerprint density at radius 2 is 1.89 bits per heavy atom. The number of benzene rings is 2. The minimum absolute atomic E-state index is 0.0822. The van der Waals surface area contributed by atoms with Gasteiger partial charge in [-0.05, 0) is 61.6 Å². The summed E-state index contributed by atoms with van der Waals surface area (Å²) in [6.07, 6.45) is 0.824. The molecule has 0 spiro atoms. The average molecular weight is 497 g/mol. The number of carbonyl (C=O) groups excluding carboxylic acids is 3. The smallest absolute Gasteiger partial charge is 0.411 e. The molecule has 4 rings (SSSR count). The number of rotatable bonds is 8. The normalized spacial score (nSPS) is 19.9. The van der Waals surface area contributed by atoms with Gasteiger partial charge in [0.15, 0.2) is 0 Å². The molecule has 2 N–H and O–H groups in total. The van der Waals surface area contributed by atoms with Gasteiger partial charge in [-0.3, -0.25) is 14.5 Å². The average Bonchev–Trinajstić information content (AvgIpc) is 2.85. The fraction of sp³-hybridized carbons (Fsp3) is 0.444. The van der Waals surface area contributed by atoms with Gasteiger partial charge in [0.2, 0.25) is 11.8 Å². The summed E-state index contributed by atoms with van der Waals surface area (Å²) >= 11 is 0. The molecule has 2 heterocycles. The summed E-state index contributed by atoms with van der Waals surface area (Å²) in [5.41, 5.74) is 7.92. The molecule has 9 heteroatoms. The second-order valence-corrected chi connectivity index (χ2v) is 9.42. The number of hydrogen-bond acceptors (Lipinski definition) is 5. The number of piperazine rings is 1. The molecule has 2 fully saturated rings. The molecule has 0 bridgehead atoms. The van der Waals surface area contributed by atoms with Gasteiger partial charge in [0.25, 0.3) is 0 Å². The number of aryl methyl sites for hydroxylation is 1. The fourth-order valence-corrected chi connectivity index (χ4v) is 5.02. The predicted molar refractivity (Wildman–Crippen MR) is 132 cm³/mol. The summed E-state index contributed by atoms with van der Waals surface area (Å²) in [5, 5.41) is 0. The Labute approximate surface area is 210 Å². The third-order valence-corrected chi connectivity index (χ3v) is 6.70. The van der Waals surface area contributed by atoms with E-state index in [2.05, 4.69) is 0 Å². The number of unbranched alkanes of at least 4 members (excludes halogenated alkanes) is 1. The van der Waals surface area contributed by atoms with Crippen LogP contribution in [0.3, 0.4) is 0 Å². The maximum absolute atomic E-state index is 13.8. The zero-order chi connectivity index (χ0) is 25.7. The van der Waals surface area contributed by atoms with E-state index in [9.17, 15) is 18.8 Å². The van der Waals surface area contributed by atoms with Crippen LogP contribution in [0, 0.1) is 12.7 Å². The molecule has 0 aliphatic carbocycles. The highest BCUT2D eigenvalue weighted by atomic mass is 19.1. The van der Waals surface area contributed by atoms with Crippen molar-refractivity contribution in [3.63, 3.8) is 0 Å². The van der Waals surface area contributed by atoms with E-state index in [-0.39, 0.29) is 37.9 Å². The molecular weight excluding hydrogens is 463 g/mol. The van der Waals surface area contributed by atoms with Crippen LogP contribution in [0.1, 0.15) is 42.4 Å². The summed E-state index contributed by atoms with van der Waals surface area (Å²) in [6, 6.07) is 13.5. The largest absolute Gasteiger partial charge is 0.444 e. The van der Waals surface area contributed by atoms with E-state index in [4.69, 9.17) is 10.5 Å². The molecule has 36 heavy (non-hydrogen) atoms. The second kappa shape index (κ2) is 11.5. The van der Waals surface area contributed by atoms with Crippen LogP contribution in [0.15, 0.2) is 48.5 Å². The van der Waals surface area contributed by atoms with Crippen molar-refractivity contribution >= 4 is 17.9 Å². The monoisotopic (exact) mass is 496 g/mol. The third kappa shape index (κ3) is 5.84. The molecule has 3 amide bonds. The van der Waals surface area contributed by atoms with Crippen LogP contribution in [0.4, 0.5) is 9.18 Å². The number of fused-ring (bicyclic) bond motifs is 1. The van der Waals surface area contributed by atoms with Crippen molar-refractivity contribution in [1.82, 2.24) is 14.7 Å². The lowest BCUT2D eigenvalue weighted by Gasteiger charge is -2.52. The van der Waals surface area contributed by atoms with E-state index in [0.717, 1.165) is 17.5 Å². The van der Waals surface area contributed by atoms with Crippen molar-refractivity contribution in [2.75, 3.05) is 19.6 Å². The Kier molecular flexibility index (Phi) is 8.20. The van der Waals surface area contributed by atoms with Gasteiger partial charge < -0.3 is 20.3 Å². The van der Waals surface area contributed by atoms with Crippen molar-refractivity contribution in [2.45, 2.75) is 58.0 Å². The van der Waals surface area contributed by atoms with Crippen molar-refractivity contribution in [3.8, 4) is 0 Å². The Bertz CT molecular complexity index is 1080. The zero-order valence-electron chi connectivity index (χ0n) is 20.6. The van der Waals surface area contributed by atoms with Gasteiger partial charge in [-0.25, -0.2) is 9.18 Å². The molecule has 8 nitrogen and oxygen atoms in total. The first kappa shape index (κ1) is 25.6. The minimum Gasteiger partial charge on any atom is -0.444 e. The summed E-state index contributed by atoms with van der Waals surface area (Å²) < 4.78 is 19.3. The highest BCUT2D eigenvalue weighted by molar-refractivity contribution is 5.90. The Morgan fingerprint density at radius 3 is 2.61 bits per heavy atom. The number of nitrogens with two attached hydrogens (primary N) is 1. The van der Waals surface area contributed by atoms with E-state index >= 15 is 0 Å². The molecule has 192 valence electrons. The molecule has 0 saturated carbocycles. The first-order chi connectivity index (χ1) is 17.4. The lowest BCUT2D eigenvalue weighted by molar-refractivity contribution is -0.169. The van der Waals surface area contributed by atoms with Crippen molar-refractivity contribution in [1.29, 1.82) is 0 Å². The zero-order valence-corrected chi connectivity index (χ0v) is 20.6. The van der Waals surface area contributed by atoms with Gasteiger partial charge in [0.05, 0.1) is 6.54 Å². The SMILES string of the molecule is Cc1cc(F)cc(COC(=O)N2CCC(=O)N3[C@@H]2CN(Cc2ccccc2)C(=O)[C@@H]3CCCCN)c1. The first-order valence-corrected chi connectivity index (χ1v) is 12.4. The summed E-state index contributed by atoms with van der Waals surface area (Å²) in [6.45, 7) is 2.97. The van der Waals surface area contributed by atoms with Crippen molar-refractivity contribution in [2.24, 2.45) is 5.73 Å². The topological polar surface area (TPSA) is 96.2 Å². The molecule has 2 aliphatic rings. The summed E-state index contributed by atoms with van der Waals surface area (Å²) in [5.74, 6) is -0.653. The Hall–Kier alpha value is -3.46. The third-order valence-electron chi connectivity index (χ3n) is 6.70. The predicted octanol–water partition coefficient (Wildman–Crippen LogP) is 3.17. The fourth-order valence-electron chi connectivity index (χ4n) is 5.02. The Morgan fingerprint density at radius 1 is 1.11 bits per heavy atom. The number of hydrogen-bond donors (Lipinski definition) is 1. The number of carbonyl (C=O) groups is 3. The van der Waals surface area contributed by atoms with Crippen LogP contribution in [-0.2, 0) is 27.5 Å². The highest BCUT2D eigenvalue weighted by Gasteiger charge is 2.48. The number of nitrogens with zero attached hydrogens (tertiary/aromatic N) is 3. The van der Waals surface area contributed by atoms with Gasteiger partial charge in [-0.1, -0.05) is 36.4 Å². The molecule has 2 aromatic rings. The van der Waals surface area contributed by atoms with E-state index in [1.807, 2.05) is 30.3 Å². The van der Waals surface area contributed by atoms with Gasteiger partial charge in [-0.15, -0.1) is 0 Å². The van der Waals surface area contributed by atoms with E-state index < -0.39 is 24.1 Å². The molecule has 2 aliphatic heterocycles. The van der Waals surface area contributed by atoms with Gasteiger partial charge in [0.1, 0.15) is 24.6 Å². The lowest BCUT2D eigenvalue weighted by atomic mass is 9.98. The number of halogens is 1. The second-order valence-electron chi connectivity index (χ2n) is 9.42. The lowest BCUT2D eigenvalue weighted by Crippen LogP contribution is -2.71. The van der Waals surface area contributed by atoms with Crippen LogP contribution in [-0.4, -0.2) is 64.4 Å². The number of ether oxygens (including phenoxy) is 1. The standard InChI is InChI=1S/C27H33FN4O4/c1-19-13-21(15-22(28)14-19)18-36-27(35)31-12-10-25(33)32-23(9-5-6-11-29)26(34)30(17-24(31)32)16-20-7-3-2-4-8-20/h2-4,7-8,13-15,23-24H,5-6,9-12,16-18,29H2,1H3/t23-,24+/m0/s1. The molecular formula is C27H33FN4O4. The van der Waals surface area contributed by atoms with Crippen LogP contribution < -0.4 is 5.73 Å². The Balaban J connectivity index is 1.55. The van der Waals surface area contributed by atoms with Gasteiger partial charge in [-0.2, -0.15) is 0 Å². The highest BCUT2D eigenvalue weighted by Crippen LogP contribution is 2.29. The van der Waals surface area contributed by atoms with E-state index in [1.54, 1.807) is 22.8 Å². The first-order valence-electron chi connectivity index (χ1n) is 12.4. The quantitative estimate of drug-likeness (QED) is 0.567. The molecule has 0 radical (unpaired) electrons. The van der Waals surface area contributed by atoms with Crippen molar-refractivity contribution < 1.29 is 23.5 Å². The van der Waals surface area contributed by atoms with E-state index in [0.29, 0.717) is 31.5 Å². The molecule has 2 aromatic carbocycles. The molecule has 0 aromatic heterocycles. The minimum atomic E-state index is -0.659. The van der Waals surface area contributed by atoms with Gasteiger partial charge >= 0.3 is 6.09 Å². The van der Waals surface area contributed by atoms with Crippen LogP contribution in [0.2, 0.25) is 0 Å². The molecule has 2 atom stereocenters.